The molecule has 0 saturated carbocycles. The summed E-state index contributed by atoms with van der Waals surface area (Å²) in [4.78, 5) is 15.2. The summed E-state index contributed by atoms with van der Waals surface area (Å²) in [6, 6.07) is 13.6. The summed E-state index contributed by atoms with van der Waals surface area (Å²) in [5.41, 5.74) is 13.1. The third-order valence-corrected chi connectivity index (χ3v) is 4.30. The topological polar surface area (TPSA) is 139 Å². The molecule has 0 spiro atoms. The van der Waals surface area contributed by atoms with Gasteiger partial charge in [0, 0.05) is 16.6 Å². The van der Waals surface area contributed by atoms with Crippen molar-refractivity contribution in [2.75, 3.05) is 17.7 Å². The van der Waals surface area contributed by atoms with Crippen molar-refractivity contribution in [3.8, 4) is 17.6 Å². The van der Waals surface area contributed by atoms with Gasteiger partial charge in [-0.3, -0.25) is 4.79 Å². The molecule has 0 aliphatic rings. The summed E-state index contributed by atoms with van der Waals surface area (Å²) in [7, 11) is 0. The third kappa shape index (κ3) is 5.08. The lowest BCUT2D eigenvalue weighted by Gasteiger charge is -2.22. The third-order valence-electron chi connectivity index (χ3n) is 4.30. The van der Waals surface area contributed by atoms with Crippen LogP contribution in [0.4, 0.5) is 11.5 Å². The molecule has 1 heterocycles. The minimum absolute atomic E-state index is 0.132. The molecule has 2 aromatic carbocycles. The van der Waals surface area contributed by atoms with Gasteiger partial charge in [0.25, 0.3) is 0 Å². The Hall–Kier alpha value is -3.54. The molecule has 1 amide bonds. The number of carbonyl (C=O) groups is 1. The minimum Gasteiger partial charge on any atom is -0.457 e. The van der Waals surface area contributed by atoms with Crippen molar-refractivity contribution in [3.05, 3.63) is 48.0 Å². The molecule has 0 bridgehead atoms. The first kappa shape index (κ1) is 21.2. The number of nitrogen functional groups attached to an aromatic ring is 1. The maximum atomic E-state index is 12.2. The lowest BCUT2D eigenvalue weighted by molar-refractivity contribution is -0.120. The number of hydrogen-bond donors (Lipinski definition) is 4. The number of nitrogens with two attached hydrogens (primary N) is 2. The van der Waals surface area contributed by atoms with E-state index in [0.29, 0.717) is 34.0 Å². The maximum Gasteiger partial charge on any atom is 0.243 e. The molecule has 156 valence electrons. The van der Waals surface area contributed by atoms with Gasteiger partial charge < -0.3 is 31.2 Å². The molecule has 6 N–H and O–H groups in total. The highest BCUT2D eigenvalue weighted by atomic mass is 16.5. The summed E-state index contributed by atoms with van der Waals surface area (Å²) < 4.78 is 11.4. The van der Waals surface area contributed by atoms with Gasteiger partial charge in [0.15, 0.2) is 0 Å². The zero-order chi connectivity index (χ0) is 21.9. The first-order chi connectivity index (χ1) is 14.2. The molecule has 0 saturated heterocycles. The zero-order valence-electron chi connectivity index (χ0n) is 17.2. The van der Waals surface area contributed by atoms with Crippen molar-refractivity contribution in [1.29, 1.82) is 5.26 Å². The van der Waals surface area contributed by atoms with Crippen molar-refractivity contribution in [2.45, 2.75) is 32.4 Å². The summed E-state index contributed by atoms with van der Waals surface area (Å²) in [6.45, 7) is 5.84. The number of nitriles is 1. The van der Waals surface area contributed by atoms with Crippen LogP contribution in [0.3, 0.4) is 0 Å². The number of amides is 1. The van der Waals surface area contributed by atoms with Crippen LogP contribution in [-0.4, -0.2) is 29.1 Å². The average Bonchev–Trinajstić information content (AvgIpc) is 3.01. The predicted octanol–water partition coefficient (Wildman–Crippen LogP) is 3.49. The number of ether oxygens (including phenoxy) is 2. The molecule has 1 atom stereocenters. The minimum atomic E-state index is -0.769. The summed E-state index contributed by atoms with van der Waals surface area (Å²) >= 11 is 0. The van der Waals surface area contributed by atoms with Crippen LogP contribution in [0, 0.1) is 11.3 Å². The predicted molar refractivity (Wildman–Crippen MR) is 116 cm³/mol. The molecule has 0 aliphatic carbocycles. The number of carbonyl (C=O) groups excluding carboxylic acids is 1. The SMILES string of the molecule is CC(C)(C)OC[C@H](N)C(=O)Nc1ccc(Oc2ccc3[nH]c(N)c(C#N)c3c2)cc1. The van der Waals surface area contributed by atoms with Crippen LogP contribution in [0.1, 0.15) is 26.3 Å². The van der Waals surface area contributed by atoms with Crippen LogP contribution in [0.15, 0.2) is 42.5 Å². The number of rotatable bonds is 6. The fourth-order valence-electron chi connectivity index (χ4n) is 2.77. The molecule has 0 radical (unpaired) electrons. The molecule has 0 unspecified atom stereocenters. The maximum absolute atomic E-state index is 12.2. The second kappa shape index (κ2) is 8.45. The lowest BCUT2D eigenvalue weighted by atomic mass is 10.1. The Labute approximate surface area is 174 Å². The van der Waals surface area contributed by atoms with Crippen LogP contribution < -0.4 is 21.5 Å². The lowest BCUT2D eigenvalue weighted by Crippen LogP contribution is -2.41. The van der Waals surface area contributed by atoms with Crippen LogP contribution in [-0.2, 0) is 9.53 Å². The largest absolute Gasteiger partial charge is 0.457 e. The van der Waals surface area contributed by atoms with E-state index in [1.807, 2.05) is 20.8 Å². The second-order valence-corrected chi connectivity index (χ2v) is 7.88. The molecule has 1 aromatic heterocycles. The highest BCUT2D eigenvalue weighted by molar-refractivity contribution is 5.95. The Morgan fingerprint density at radius 3 is 2.50 bits per heavy atom. The summed E-state index contributed by atoms with van der Waals surface area (Å²) in [5, 5.41) is 12.7. The van der Waals surface area contributed by atoms with E-state index in [0.717, 1.165) is 5.52 Å². The van der Waals surface area contributed by atoms with Gasteiger partial charge in [-0.25, -0.2) is 0 Å². The summed E-state index contributed by atoms with van der Waals surface area (Å²) in [5.74, 6) is 1.15. The van der Waals surface area contributed by atoms with E-state index in [9.17, 15) is 10.1 Å². The molecule has 0 fully saturated rings. The molecule has 0 aliphatic heterocycles. The van der Waals surface area contributed by atoms with E-state index in [4.69, 9.17) is 20.9 Å². The number of aromatic amines is 1. The van der Waals surface area contributed by atoms with Crippen molar-refractivity contribution >= 4 is 28.3 Å². The Morgan fingerprint density at radius 2 is 1.87 bits per heavy atom. The number of anilines is 2. The average molecular weight is 407 g/mol. The van der Waals surface area contributed by atoms with Crippen LogP contribution in [0.5, 0.6) is 11.5 Å². The van der Waals surface area contributed by atoms with Gasteiger partial charge in [-0.1, -0.05) is 0 Å². The number of nitrogens with one attached hydrogen (secondary N) is 2. The van der Waals surface area contributed by atoms with Crippen molar-refractivity contribution in [2.24, 2.45) is 5.73 Å². The summed E-state index contributed by atoms with van der Waals surface area (Å²) in [6.07, 6.45) is 0. The quantitative estimate of drug-likeness (QED) is 0.493. The van der Waals surface area contributed by atoms with Crippen LogP contribution in [0.2, 0.25) is 0 Å². The van der Waals surface area contributed by atoms with Gasteiger partial charge in [-0.05, 0) is 63.2 Å². The molecule has 3 aromatic rings. The fraction of sp³-hybridized carbons (Fsp3) is 0.273. The van der Waals surface area contributed by atoms with E-state index in [1.54, 1.807) is 42.5 Å². The Kier molecular flexibility index (Phi) is 5.96. The van der Waals surface area contributed by atoms with Gasteiger partial charge in [0.1, 0.15) is 35.0 Å². The number of hydrogen-bond acceptors (Lipinski definition) is 6. The standard InChI is InChI=1S/C22H25N5O3/c1-22(2,3)29-12-18(24)21(28)26-13-4-6-14(7-5-13)30-15-8-9-19-16(10-15)17(11-23)20(25)27-19/h4-10,18,27H,12,24-25H2,1-3H3,(H,26,28)/t18-/m0/s1. The molecule has 3 rings (SSSR count). The van der Waals surface area contributed by atoms with E-state index in [-0.39, 0.29) is 18.1 Å². The molecular formula is C22H25N5O3. The Morgan fingerprint density at radius 1 is 1.20 bits per heavy atom. The van der Waals surface area contributed by atoms with Crippen molar-refractivity contribution in [3.63, 3.8) is 0 Å². The molecular weight excluding hydrogens is 382 g/mol. The zero-order valence-corrected chi connectivity index (χ0v) is 17.2. The molecule has 8 nitrogen and oxygen atoms in total. The van der Waals surface area contributed by atoms with Gasteiger partial charge in [0.05, 0.1) is 12.2 Å². The first-order valence-electron chi connectivity index (χ1n) is 9.46. The highest BCUT2D eigenvalue weighted by Gasteiger charge is 2.18. The molecule has 8 heteroatoms. The Bertz CT molecular complexity index is 1090. The molecule has 30 heavy (non-hydrogen) atoms. The van der Waals surface area contributed by atoms with E-state index >= 15 is 0 Å². The van der Waals surface area contributed by atoms with Crippen LogP contribution in [0.25, 0.3) is 10.9 Å². The number of fused-ring (bicyclic) bond motifs is 1. The van der Waals surface area contributed by atoms with E-state index in [2.05, 4.69) is 16.4 Å². The number of nitrogens with zero attached hydrogens (tertiary/aromatic N) is 1. The highest BCUT2D eigenvalue weighted by Crippen LogP contribution is 2.30. The van der Waals surface area contributed by atoms with Crippen LogP contribution >= 0.6 is 0 Å². The van der Waals surface area contributed by atoms with E-state index in [1.165, 1.54) is 0 Å². The first-order valence-corrected chi connectivity index (χ1v) is 9.46. The smallest absolute Gasteiger partial charge is 0.243 e. The number of aromatic nitrogens is 1. The van der Waals surface area contributed by atoms with Gasteiger partial charge in [-0.2, -0.15) is 5.26 Å². The van der Waals surface area contributed by atoms with E-state index < -0.39 is 6.04 Å². The van der Waals surface area contributed by atoms with Gasteiger partial charge in [0.2, 0.25) is 5.91 Å². The number of benzene rings is 2. The van der Waals surface area contributed by atoms with Crippen molar-refractivity contribution in [1.82, 2.24) is 4.98 Å². The fourth-order valence-corrected chi connectivity index (χ4v) is 2.77. The van der Waals surface area contributed by atoms with Crippen molar-refractivity contribution < 1.29 is 14.3 Å². The Balaban J connectivity index is 1.64. The van der Waals surface area contributed by atoms with Gasteiger partial charge >= 0.3 is 0 Å². The second-order valence-electron chi connectivity index (χ2n) is 7.88. The number of H-pyrrole nitrogens is 1. The normalized spacial score (nSPS) is 12.4. The van der Waals surface area contributed by atoms with Gasteiger partial charge in [-0.15, -0.1) is 0 Å². The monoisotopic (exact) mass is 407 g/mol.